The van der Waals surface area contributed by atoms with E-state index in [4.69, 9.17) is 9.84 Å². The first-order valence-electron chi connectivity index (χ1n) is 20.3. The number of carbonyl (C=O) groups excluding carboxylic acids is 2. The van der Waals surface area contributed by atoms with E-state index >= 15 is 0 Å². The van der Waals surface area contributed by atoms with Crippen LogP contribution in [0, 0.1) is 0 Å². The van der Waals surface area contributed by atoms with Gasteiger partial charge >= 0.3 is 11.9 Å². The van der Waals surface area contributed by atoms with E-state index in [1.807, 2.05) is 0 Å². The van der Waals surface area contributed by atoms with Crippen molar-refractivity contribution < 1.29 is 24.2 Å². The standard InChI is InChI=1S/C41H77NO5/c1-3-5-7-9-10-11-12-13-14-15-16-17-18-19-20-21-22-23-24-25-26-27-32-36-41(46)47-38(33-29-8-6-4-2)34-30-28-31-35-39(43)42-37-40(44)45/h15-16,38H,3-14,17-37H2,1-2H3,(H,42,43)(H,44,45)/b16-15-. The highest BCUT2D eigenvalue weighted by Crippen LogP contribution is 2.18. The molecule has 0 aromatic heterocycles. The predicted molar refractivity (Wildman–Crippen MR) is 199 cm³/mol. The molecule has 0 spiro atoms. The Labute approximate surface area is 291 Å². The fourth-order valence-electron chi connectivity index (χ4n) is 6.16. The van der Waals surface area contributed by atoms with Crippen molar-refractivity contribution in [3.63, 3.8) is 0 Å². The molecule has 0 saturated carbocycles. The zero-order valence-corrected chi connectivity index (χ0v) is 31.1. The number of ether oxygens (including phenoxy) is 1. The highest BCUT2D eigenvalue weighted by molar-refractivity contribution is 5.80. The fraction of sp³-hybridized carbons (Fsp3) is 0.878. The quantitative estimate of drug-likeness (QED) is 0.0392. The van der Waals surface area contributed by atoms with Crippen LogP contribution in [-0.2, 0) is 19.1 Å². The summed E-state index contributed by atoms with van der Waals surface area (Å²) in [6.07, 6.45) is 42.3. The molecule has 1 amide bonds. The predicted octanol–water partition coefficient (Wildman–Crippen LogP) is 12.2. The summed E-state index contributed by atoms with van der Waals surface area (Å²) >= 11 is 0. The first-order chi connectivity index (χ1) is 23.0. The average molecular weight is 664 g/mol. The van der Waals surface area contributed by atoms with Crippen LogP contribution in [0.5, 0.6) is 0 Å². The van der Waals surface area contributed by atoms with Gasteiger partial charge in [-0.3, -0.25) is 14.4 Å². The minimum atomic E-state index is -1.03. The molecular weight excluding hydrogens is 586 g/mol. The summed E-state index contributed by atoms with van der Waals surface area (Å²) in [6.45, 7) is 4.16. The molecule has 6 heteroatoms. The van der Waals surface area contributed by atoms with E-state index in [0.29, 0.717) is 12.8 Å². The number of aliphatic carboxylic acids is 1. The number of carbonyl (C=O) groups is 3. The maximum Gasteiger partial charge on any atom is 0.322 e. The van der Waals surface area contributed by atoms with Gasteiger partial charge in [0.1, 0.15) is 12.6 Å². The first kappa shape index (κ1) is 45.2. The number of unbranched alkanes of at least 4 members (excludes halogenated alkanes) is 24. The third-order valence-electron chi connectivity index (χ3n) is 9.19. The Balaban J connectivity index is 3.70. The van der Waals surface area contributed by atoms with Gasteiger partial charge in [-0.25, -0.2) is 0 Å². The lowest BCUT2D eigenvalue weighted by Crippen LogP contribution is -2.28. The van der Waals surface area contributed by atoms with Crippen molar-refractivity contribution in [3.05, 3.63) is 12.2 Å². The maximum absolute atomic E-state index is 12.5. The zero-order valence-electron chi connectivity index (χ0n) is 31.1. The Morgan fingerprint density at radius 3 is 1.38 bits per heavy atom. The molecule has 0 aliphatic carbocycles. The number of carboxylic acids is 1. The lowest BCUT2D eigenvalue weighted by Gasteiger charge is -2.18. The van der Waals surface area contributed by atoms with Gasteiger partial charge in [0.25, 0.3) is 0 Å². The maximum atomic E-state index is 12.5. The van der Waals surface area contributed by atoms with Crippen molar-refractivity contribution in [2.45, 2.75) is 225 Å². The minimum absolute atomic E-state index is 0.0267. The second-order valence-corrected chi connectivity index (χ2v) is 13.9. The smallest absolute Gasteiger partial charge is 0.322 e. The van der Waals surface area contributed by atoms with Gasteiger partial charge in [0.15, 0.2) is 0 Å². The van der Waals surface area contributed by atoms with Gasteiger partial charge < -0.3 is 15.2 Å². The molecule has 47 heavy (non-hydrogen) atoms. The first-order valence-corrected chi connectivity index (χ1v) is 20.3. The zero-order chi connectivity index (χ0) is 34.5. The summed E-state index contributed by atoms with van der Waals surface area (Å²) in [5.41, 5.74) is 0. The minimum Gasteiger partial charge on any atom is -0.480 e. The van der Waals surface area contributed by atoms with Crippen molar-refractivity contribution in [2.75, 3.05) is 6.54 Å². The monoisotopic (exact) mass is 664 g/mol. The largest absolute Gasteiger partial charge is 0.480 e. The molecule has 1 unspecified atom stereocenters. The average Bonchev–Trinajstić information content (AvgIpc) is 3.05. The molecule has 0 aromatic rings. The number of carboxylic acid groups (broad SMARTS) is 1. The molecular formula is C41H77NO5. The molecule has 0 bridgehead atoms. The third kappa shape index (κ3) is 36.8. The van der Waals surface area contributed by atoms with Gasteiger partial charge in [0.2, 0.25) is 5.91 Å². The molecule has 276 valence electrons. The normalized spacial score (nSPS) is 12.0. The van der Waals surface area contributed by atoms with Crippen molar-refractivity contribution in [3.8, 4) is 0 Å². The van der Waals surface area contributed by atoms with Crippen LogP contribution in [0.1, 0.15) is 219 Å². The highest BCUT2D eigenvalue weighted by Gasteiger charge is 2.14. The van der Waals surface area contributed by atoms with Gasteiger partial charge in [0, 0.05) is 12.8 Å². The number of hydrogen-bond donors (Lipinski definition) is 2. The van der Waals surface area contributed by atoms with Crippen LogP contribution in [0.4, 0.5) is 0 Å². The Morgan fingerprint density at radius 1 is 0.532 bits per heavy atom. The Bertz CT molecular complexity index is 737. The molecule has 1 atom stereocenters. The van der Waals surface area contributed by atoms with Gasteiger partial charge in [-0.2, -0.15) is 0 Å². The summed E-state index contributed by atoms with van der Waals surface area (Å²) < 4.78 is 5.89. The van der Waals surface area contributed by atoms with Gasteiger partial charge in [-0.1, -0.05) is 154 Å². The van der Waals surface area contributed by atoms with Gasteiger partial charge in [-0.05, 0) is 64.2 Å². The Kier molecular flexibility index (Phi) is 35.5. The van der Waals surface area contributed by atoms with Crippen LogP contribution in [0.2, 0.25) is 0 Å². The van der Waals surface area contributed by atoms with Crippen molar-refractivity contribution in [2.24, 2.45) is 0 Å². The van der Waals surface area contributed by atoms with E-state index in [1.54, 1.807) is 0 Å². The second kappa shape index (κ2) is 37.0. The van der Waals surface area contributed by atoms with Crippen LogP contribution >= 0.6 is 0 Å². The highest BCUT2D eigenvalue weighted by atomic mass is 16.5. The summed E-state index contributed by atoms with van der Waals surface area (Å²) in [5, 5.41) is 11.0. The van der Waals surface area contributed by atoms with Crippen molar-refractivity contribution in [1.82, 2.24) is 5.32 Å². The Morgan fingerprint density at radius 2 is 0.915 bits per heavy atom. The summed E-state index contributed by atoms with van der Waals surface area (Å²) in [4.78, 5) is 34.8. The molecule has 0 heterocycles. The van der Waals surface area contributed by atoms with Crippen LogP contribution in [-0.4, -0.2) is 35.6 Å². The second-order valence-electron chi connectivity index (χ2n) is 13.9. The van der Waals surface area contributed by atoms with E-state index in [1.165, 1.54) is 141 Å². The van der Waals surface area contributed by atoms with E-state index < -0.39 is 5.97 Å². The lowest BCUT2D eigenvalue weighted by molar-refractivity contribution is -0.150. The van der Waals surface area contributed by atoms with Crippen molar-refractivity contribution >= 4 is 17.8 Å². The SMILES string of the molecule is CCCCCCCCCC/C=C\CCCCCCCCCCCCCC(=O)OC(CCCCCC)CCCCCC(=O)NCC(=O)O. The van der Waals surface area contributed by atoms with Crippen LogP contribution in [0.25, 0.3) is 0 Å². The number of nitrogens with one attached hydrogen (secondary N) is 1. The van der Waals surface area contributed by atoms with E-state index in [-0.39, 0.29) is 24.5 Å². The van der Waals surface area contributed by atoms with Gasteiger partial charge in [0.05, 0.1) is 0 Å². The molecule has 6 nitrogen and oxygen atoms in total. The molecule has 0 aliphatic rings. The molecule has 0 rings (SSSR count). The summed E-state index contributed by atoms with van der Waals surface area (Å²) in [6, 6.07) is 0. The lowest BCUT2D eigenvalue weighted by atomic mass is 10.0. The molecule has 2 N–H and O–H groups in total. The molecule has 0 radical (unpaired) electrons. The topological polar surface area (TPSA) is 92.7 Å². The number of hydrogen-bond acceptors (Lipinski definition) is 4. The van der Waals surface area contributed by atoms with E-state index in [0.717, 1.165) is 51.4 Å². The third-order valence-corrected chi connectivity index (χ3v) is 9.19. The number of amides is 1. The summed E-state index contributed by atoms with van der Waals surface area (Å²) in [5.74, 6) is -1.30. The van der Waals surface area contributed by atoms with E-state index in [2.05, 4.69) is 31.3 Å². The molecule has 0 fully saturated rings. The summed E-state index contributed by atoms with van der Waals surface area (Å²) in [7, 11) is 0. The van der Waals surface area contributed by atoms with Crippen LogP contribution < -0.4 is 5.32 Å². The molecule has 0 saturated heterocycles. The van der Waals surface area contributed by atoms with Crippen molar-refractivity contribution in [1.29, 1.82) is 0 Å². The van der Waals surface area contributed by atoms with Crippen LogP contribution in [0.3, 0.4) is 0 Å². The fourth-order valence-corrected chi connectivity index (χ4v) is 6.16. The number of rotatable bonds is 37. The number of allylic oxidation sites excluding steroid dienone is 2. The Hall–Kier alpha value is -1.85. The molecule has 0 aromatic carbocycles. The van der Waals surface area contributed by atoms with E-state index in [9.17, 15) is 14.4 Å². The van der Waals surface area contributed by atoms with Crippen LogP contribution in [0.15, 0.2) is 12.2 Å². The van der Waals surface area contributed by atoms with Gasteiger partial charge in [-0.15, -0.1) is 0 Å². The number of esters is 1. The molecule has 0 aliphatic heterocycles.